The van der Waals surface area contributed by atoms with Crippen LogP contribution >= 0.6 is 11.6 Å². The molecule has 0 saturated carbocycles. The number of hydrogen-bond donors (Lipinski definition) is 0. The van der Waals surface area contributed by atoms with Gasteiger partial charge in [0.15, 0.2) is 0 Å². The van der Waals surface area contributed by atoms with Gasteiger partial charge in [0, 0.05) is 17.6 Å². The summed E-state index contributed by atoms with van der Waals surface area (Å²) >= 11 is 6.06. The van der Waals surface area contributed by atoms with Crippen LogP contribution in [0.5, 0.6) is 0 Å². The summed E-state index contributed by atoms with van der Waals surface area (Å²) in [4.78, 5) is 6.96. The number of oxazole rings is 1. The molecule has 0 spiro atoms. The molecule has 26 heavy (non-hydrogen) atoms. The Balaban J connectivity index is 1.89. The summed E-state index contributed by atoms with van der Waals surface area (Å²) in [6.07, 6.45) is 0. The van der Waals surface area contributed by atoms with Gasteiger partial charge in [0.05, 0.1) is 12.2 Å². The molecule has 1 aromatic heterocycles. The van der Waals surface area contributed by atoms with Gasteiger partial charge in [0.1, 0.15) is 5.76 Å². The first-order chi connectivity index (χ1) is 12.4. The lowest BCUT2D eigenvalue weighted by atomic mass is 10.0. The Morgan fingerprint density at radius 2 is 1.69 bits per heavy atom. The van der Waals surface area contributed by atoms with Crippen LogP contribution in [0.25, 0.3) is 0 Å². The molecule has 0 aliphatic carbocycles. The zero-order valence-corrected chi connectivity index (χ0v) is 16.5. The first-order valence-corrected chi connectivity index (χ1v) is 9.28. The van der Waals surface area contributed by atoms with Crippen LogP contribution in [-0.4, -0.2) is 9.88 Å². The van der Waals surface area contributed by atoms with Gasteiger partial charge < -0.3 is 4.42 Å². The minimum absolute atomic E-state index is 0.208. The zero-order chi connectivity index (χ0) is 18.7. The maximum atomic E-state index is 6.06. The average Bonchev–Trinajstić information content (AvgIpc) is 2.94. The quantitative estimate of drug-likeness (QED) is 0.533. The van der Waals surface area contributed by atoms with Gasteiger partial charge in [-0.05, 0) is 56.5 Å². The van der Waals surface area contributed by atoms with Gasteiger partial charge >= 0.3 is 0 Å². The van der Waals surface area contributed by atoms with Crippen molar-refractivity contribution in [2.75, 3.05) is 0 Å². The van der Waals surface area contributed by atoms with Gasteiger partial charge in [-0.25, -0.2) is 4.98 Å². The van der Waals surface area contributed by atoms with E-state index in [2.05, 4.69) is 60.1 Å². The van der Waals surface area contributed by atoms with E-state index in [4.69, 9.17) is 16.0 Å². The molecule has 136 valence electrons. The van der Waals surface area contributed by atoms with Gasteiger partial charge in [-0.3, -0.25) is 4.90 Å². The van der Waals surface area contributed by atoms with Crippen molar-refractivity contribution in [1.29, 1.82) is 0 Å². The van der Waals surface area contributed by atoms with Gasteiger partial charge in [-0.1, -0.05) is 48.0 Å². The molecule has 0 amide bonds. The molecule has 0 fully saturated rings. The van der Waals surface area contributed by atoms with E-state index < -0.39 is 0 Å². The molecule has 3 aromatic rings. The fourth-order valence-corrected chi connectivity index (χ4v) is 3.19. The van der Waals surface area contributed by atoms with Crippen LogP contribution in [0, 0.1) is 20.8 Å². The van der Waals surface area contributed by atoms with Gasteiger partial charge in [0.25, 0.3) is 0 Å². The fraction of sp³-hybridized carbons (Fsp3) is 0.318. The van der Waals surface area contributed by atoms with Crippen molar-refractivity contribution in [2.24, 2.45) is 0 Å². The zero-order valence-electron chi connectivity index (χ0n) is 15.8. The molecule has 1 atom stereocenters. The minimum atomic E-state index is 0.208. The molecule has 4 heteroatoms. The number of rotatable bonds is 6. The van der Waals surface area contributed by atoms with E-state index in [1.54, 1.807) is 0 Å². The normalized spacial score (nSPS) is 12.5. The molecular weight excluding hydrogens is 344 g/mol. The summed E-state index contributed by atoms with van der Waals surface area (Å²) in [5.41, 5.74) is 4.78. The Morgan fingerprint density at radius 1 is 1.00 bits per heavy atom. The SMILES string of the molecule is Cc1ccccc1CN(Cc1nc(C)c(C)o1)C(C)c1ccc(Cl)cc1. The lowest BCUT2D eigenvalue weighted by Gasteiger charge is -2.29. The molecule has 0 radical (unpaired) electrons. The Kier molecular flexibility index (Phi) is 5.80. The Labute approximate surface area is 160 Å². The van der Waals surface area contributed by atoms with Crippen LogP contribution < -0.4 is 0 Å². The monoisotopic (exact) mass is 368 g/mol. The molecule has 0 aliphatic rings. The second-order valence-corrected chi connectivity index (χ2v) is 7.24. The number of hydrogen-bond acceptors (Lipinski definition) is 3. The van der Waals surface area contributed by atoms with Crippen LogP contribution in [0.15, 0.2) is 52.9 Å². The van der Waals surface area contributed by atoms with Gasteiger partial charge in [0.2, 0.25) is 5.89 Å². The molecule has 3 nitrogen and oxygen atoms in total. The van der Waals surface area contributed by atoms with Crippen molar-refractivity contribution >= 4 is 11.6 Å². The maximum Gasteiger partial charge on any atom is 0.208 e. The topological polar surface area (TPSA) is 29.3 Å². The molecule has 2 aromatic carbocycles. The molecule has 1 heterocycles. The van der Waals surface area contributed by atoms with Crippen LogP contribution in [0.2, 0.25) is 5.02 Å². The molecular formula is C22H25ClN2O. The average molecular weight is 369 g/mol. The van der Waals surface area contributed by atoms with Crippen molar-refractivity contribution in [1.82, 2.24) is 9.88 Å². The van der Waals surface area contributed by atoms with Crippen molar-refractivity contribution < 1.29 is 4.42 Å². The highest BCUT2D eigenvalue weighted by Crippen LogP contribution is 2.27. The molecule has 1 unspecified atom stereocenters. The second kappa shape index (κ2) is 8.07. The summed E-state index contributed by atoms with van der Waals surface area (Å²) in [7, 11) is 0. The number of halogens is 1. The van der Waals surface area contributed by atoms with Gasteiger partial charge in [-0.2, -0.15) is 0 Å². The first-order valence-electron chi connectivity index (χ1n) is 8.91. The summed E-state index contributed by atoms with van der Waals surface area (Å²) in [6.45, 7) is 9.80. The lowest BCUT2D eigenvalue weighted by Crippen LogP contribution is -2.26. The molecule has 3 rings (SSSR count). The van der Waals surface area contributed by atoms with E-state index >= 15 is 0 Å². The fourth-order valence-electron chi connectivity index (χ4n) is 3.07. The van der Waals surface area contributed by atoms with E-state index in [0.29, 0.717) is 6.54 Å². The smallest absolute Gasteiger partial charge is 0.208 e. The third-order valence-electron chi connectivity index (χ3n) is 4.95. The third-order valence-corrected chi connectivity index (χ3v) is 5.20. The highest BCUT2D eigenvalue weighted by Gasteiger charge is 2.20. The number of aromatic nitrogens is 1. The summed E-state index contributed by atoms with van der Waals surface area (Å²) in [5.74, 6) is 1.64. The highest BCUT2D eigenvalue weighted by atomic mass is 35.5. The van der Waals surface area contributed by atoms with E-state index in [1.807, 2.05) is 26.0 Å². The third kappa shape index (κ3) is 4.35. The standard InChI is InChI=1S/C22H25ClN2O/c1-15-7-5-6-8-20(15)13-25(14-22-24-16(2)18(4)26-22)17(3)19-9-11-21(23)12-10-19/h5-12,17H,13-14H2,1-4H3. The van der Waals surface area contributed by atoms with Crippen molar-refractivity contribution in [3.63, 3.8) is 0 Å². The van der Waals surface area contributed by atoms with Crippen LogP contribution in [-0.2, 0) is 13.1 Å². The lowest BCUT2D eigenvalue weighted by molar-refractivity contribution is 0.172. The number of nitrogens with zero attached hydrogens (tertiary/aromatic N) is 2. The number of benzene rings is 2. The summed E-state index contributed by atoms with van der Waals surface area (Å²) < 4.78 is 5.84. The van der Waals surface area contributed by atoms with E-state index in [-0.39, 0.29) is 6.04 Å². The second-order valence-electron chi connectivity index (χ2n) is 6.81. The van der Waals surface area contributed by atoms with Crippen LogP contribution in [0.1, 0.15) is 47.0 Å². The predicted molar refractivity (Wildman–Crippen MR) is 106 cm³/mol. The highest BCUT2D eigenvalue weighted by molar-refractivity contribution is 6.30. The minimum Gasteiger partial charge on any atom is -0.444 e. The Hall–Kier alpha value is -2.10. The van der Waals surface area contributed by atoms with Crippen molar-refractivity contribution in [3.05, 3.63) is 87.6 Å². The predicted octanol–water partition coefficient (Wildman–Crippen LogP) is 6.02. The van der Waals surface area contributed by atoms with Gasteiger partial charge in [-0.15, -0.1) is 0 Å². The molecule has 0 bridgehead atoms. The molecule has 0 aliphatic heterocycles. The summed E-state index contributed by atoms with van der Waals surface area (Å²) in [5, 5.41) is 0.755. The molecule has 0 saturated heterocycles. The van der Waals surface area contributed by atoms with E-state index in [1.165, 1.54) is 16.7 Å². The Morgan fingerprint density at radius 3 is 2.31 bits per heavy atom. The maximum absolute atomic E-state index is 6.06. The van der Waals surface area contributed by atoms with E-state index in [0.717, 1.165) is 28.9 Å². The first kappa shape index (κ1) is 18.7. The number of aryl methyl sites for hydroxylation is 3. The van der Waals surface area contributed by atoms with Crippen LogP contribution in [0.4, 0.5) is 0 Å². The molecule has 0 N–H and O–H groups in total. The Bertz CT molecular complexity index is 851. The van der Waals surface area contributed by atoms with Crippen molar-refractivity contribution in [3.8, 4) is 0 Å². The largest absolute Gasteiger partial charge is 0.444 e. The van der Waals surface area contributed by atoms with Crippen LogP contribution in [0.3, 0.4) is 0 Å². The van der Waals surface area contributed by atoms with E-state index in [9.17, 15) is 0 Å². The van der Waals surface area contributed by atoms with Crippen molar-refractivity contribution in [2.45, 2.75) is 46.8 Å². The summed E-state index contributed by atoms with van der Waals surface area (Å²) in [6, 6.07) is 16.8.